The van der Waals surface area contributed by atoms with Gasteiger partial charge in [-0.25, -0.2) is 5.84 Å². The lowest BCUT2D eigenvalue weighted by Crippen LogP contribution is -2.51. The Morgan fingerprint density at radius 1 is 1.83 bits per heavy atom. The maximum absolute atomic E-state index is 11.3. The summed E-state index contributed by atoms with van der Waals surface area (Å²) >= 11 is 0. The fraction of sp³-hybridized carbons (Fsp3) is 0.857. The summed E-state index contributed by atoms with van der Waals surface area (Å²) in [6, 6.07) is 0. The van der Waals surface area contributed by atoms with Gasteiger partial charge >= 0.3 is 0 Å². The van der Waals surface area contributed by atoms with Crippen LogP contribution >= 0.6 is 0 Å². The molecule has 0 spiro atoms. The molecule has 0 bridgehead atoms. The van der Waals surface area contributed by atoms with E-state index in [0.717, 1.165) is 0 Å². The maximum Gasteiger partial charge on any atom is 0.268 e. The van der Waals surface area contributed by atoms with Crippen molar-refractivity contribution in [1.29, 1.82) is 0 Å². The van der Waals surface area contributed by atoms with Gasteiger partial charge in [0.1, 0.15) is 0 Å². The number of hydrazine groups is 1. The third-order valence-corrected chi connectivity index (χ3v) is 1.95. The Morgan fingerprint density at radius 2 is 2.58 bits per heavy atom. The van der Waals surface area contributed by atoms with Gasteiger partial charge in [0.05, 0.1) is 13.2 Å². The van der Waals surface area contributed by atoms with Gasteiger partial charge in [0.2, 0.25) is 0 Å². The first kappa shape index (κ1) is 9.44. The van der Waals surface area contributed by atoms with E-state index in [-0.39, 0.29) is 5.91 Å². The third-order valence-electron chi connectivity index (χ3n) is 1.95. The number of rotatable bonds is 3. The minimum Gasteiger partial charge on any atom is -0.378 e. The molecule has 70 valence electrons. The van der Waals surface area contributed by atoms with Crippen molar-refractivity contribution in [3.63, 3.8) is 0 Å². The van der Waals surface area contributed by atoms with E-state index < -0.39 is 5.60 Å². The van der Waals surface area contributed by atoms with Crippen molar-refractivity contribution in [3.05, 3.63) is 0 Å². The van der Waals surface area contributed by atoms with E-state index in [1.807, 2.05) is 6.92 Å². The standard InChI is InChI=1S/C7H14N2O3/c1-2-12-7(6(10)9-8)3-4-11-5-7/h2-5,8H2,1H3,(H,9,10)/t7-/m0/s1. The van der Waals surface area contributed by atoms with Gasteiger partial charge in [-0.15, -0.1) is 0 Å². The zero-order valence-electron chi connectivity index (χ0n) is 7.13. The quantitative estimate of drug-likeness (QED) is 0.333. The molecule has 12 heavy (non-hydrogen) atoms. The number of amides is 1. The van der Waals surface area contributed by atoms with E-state index in [2.05, 4.69) is 5.43 Å². The summed E-state index contributed by atoms with van der Waals surface area (Å²) in [4.78, 5) is 11.3. The molecule has 0 aromatic heterocycles. The van der Waals surface area contributed by atoms with Gasteiger partial charge in [-0.3, -0.25) is 10.2 Å². The third kappa shape index (κ3) is 1.57. The first-order valence-electron chi connectivity index (χ1n) is 3.98. The first-order valence-corrected chi connectivity index (χ1v) is 3.98. The van der Waals surface area contributed by atoms with Crippen molar-refractivity contribution in [1.82, 2.24) is 5.43 Å². The van der Waals surface area contributed by atoms with Gasteiger partial charge in [-0.2, -0.15) is 0 Å². The van der Waals surface area contributed by atoms with Crippen LogP contribution in [0.2, 0.25) is 0 Å². The average molecular weight is 174 g/mol. The van der Waals surface area contributed by atoms with Crippen molar-refractivity contribution in [2.75, 3.05) is 19.8 Å². The average Bonchev–Trinajstić information content (AvgIpc) is 2.53. The highest BCUT2D eigenvalue weighted by atomic mass is 16.6. The lowest BCUT2D eigenvalue weighted by Gasteiger charge is -2.24. The van der Waals surface area contributed by atoms with Crippen LogP contribution in [0, 0.1) is 0 Å². The predicted octanol–water partition coefficient (Wildman–Crippen LogP) is -0.828. The number of hydrogen-bond acceptors (Lipinski definition) is 4. The summed E-state index contributed by atoms with van der Waals surface area (Å²) < 4.78 is 10.4. The Bertz CT molecular complexity index is 166. The summed E-state index contributed by atoms with van der Waals surface area (Å²) in [6.07, 6.45) is 0.573. The van der Waals surface area contributed by atoms with Crippen molar-refractivity contribution < 1.29 is 14.3 Å². The highest BCUT2D eigenvalue weighted by Crippen LogP contribution is 2.22. The molecule has 1 rings (SSSR count). The molecule has 1 atom stereocenters. The van der Waals surface area contributed by atoms with Crippen LogP contribution in [-0.4, -0.2) is 31.3 Å². The number of nitrogens with one attached hydrogen (secondary N) is 1. The lowest BCUT2D eigenvalue weighted by atomic mass is 10.0. The summed E-state index contributed by atoms with van der Waals surface area (Å²) in [5, 5.41) is 0. The van der Waals surface area contributed by atoms with E-state index in [9.17, 15) is 4.79 Å². The molecule has 0 aromatic carbocycles. The molecule has 1 amide bonds. The molecule has 1 aliphatic rings. The van der Waals surface area contributed by atoms with Crippen LogP contribution in [-0.2, 0) is 14.3 Å². The second kappa shape index (κ2) is 3.84. The number of ether oxygens (including phenoxy) is 2. The van der Waals surface area contributed by atoms with Crippen LogP contribution in [0.3, 0.4) is 0 Å². The molecule has 0 aromatic rings. The molecule has 1 aliphatic heterocycles. The molecule has 1 saturated heterocycles. The molecule has 0 aliphatic carbocycles. The highest BCUT2D eigenvalue weighted by Gasteiger charge is 2.42. The van der Waals surface area contributed by atoms with Gasteiger partial charge in [-0.05, 0) is 6.92 Å². The smallest absolute Gasteiger partial charge is 0.268 e. The van der Waals surface area contributed by atoms with Crippen molar-refractivity contribution in [2.24, 2.45) is 5.84 Å². The van der Waals surface area contributed by atoms with E-state index in [4.69, 9.17) is 15.3 Å². The van der Waals surface area contributed by atoms with Crippen LogP contribution in [0.4, 0.5) is 0 Å². The molecule has 0 radical (unpaired) electrons. The number of carbonyl (C=O) groups excluding carboxylic acids is 1. The van der Waals surface area contributed by atoms with Gasteiger partial charge in [0.15, 0.2) is 5.60 Å². The number of nitrogens with two attached hydrogens (primary N) is 1. The Kier molecular flexibility index (Phi) is 3.02. The fourth-order valence-corrected chi connectivity index (χ4v) is 1.31. The highest BCUT2D eigenvalue weighted by molar-refractivity contribution is 5.85. The summed E-state index contributed by atoms with van der Waals surface area (Å²) in [7, 11) is 0. The van der Waals surface area contributed by atoms with Crippen LogP contribution < -0.4 is 11.3 Å². The Balaban J connectivity index is 2.64. The summed E-state index contributed by atoms with van der Waals surface area (Å²) in [6.45, 7) is 3.16. The van der Waals surface area contributed by atoms with Gasteiger partial charge in [-0.1, -0.05) is 0 Å². The van der Waals surface area contributed by atoms with Crippen molar-refractivity contribution in [3.8, 4) is 0 Å². The van der Waals surface area contributed by atoms with E-state index in [0.29, 0.717) is 26.2 Å². The zero-order chi connectivity index (χ0) is 9.03. The van der Waals surface area contributed by atoms with Gasteiger partial charge < -0.3 is 9.47 Å². The number of carbonyl (C=O) groups is 1. The van der Waals surface area contributed by atoms with Crippen LogP contribution in [0.25, 0.3) is 0 Å². The van der Waals surface area contributed by atoms with Crippen LogP contribution in [0.5, 0.6) is 0 Å². The number of hydrogen-bond donors (Lipinski definition) is 2. The molecule has 5 heteroatoms. The van der Waals surface area contributed by atoms with Crippen molar-refractivity contribution >= 4 is 5.91 Å². The zero-order valence-corrected chi connectivity index (χ0v) is 7.13. The van der Waals surface area contributed by atoms with E-state index in [1.54, 1.807) is 0 Å². The first-order chi connectivity index (χ1) is 5.75. The summed E-state index contributed by atoms with van der Waals surface area (Å²) in [5.74, 6) is 4.73. The molecule has 5 nitrogen and oxygen atoms in total. The normalized spacial score (nSPS) is 28.8. The van der Waals surface area contributed by atoms with Crippen LogP contribution in [0.1, 0.15) is 13.3 Å². The topological polar surface area (TPSA) is 73.6 Å². The molecular formula is C7H14N2O3. The Hall–Kier alpha value is -0.650. The Morgan fingerprint density at radius 3 is 3.00 bits per heavy atom. The molecule has 0 unspecified atom stereocenters. The fourth-order valence-electron chi connectivity index (χ4n) is 1.31. The second-order valence-electron chi connectivity index (χ2n) is 2.70. The second-order valence-corrected chi connectivity index (χ2v) is 2.70. The maximum atomic E-state index is 11.3. The minimum absolute atomic E-state index is 0.296. The SMILES string of the molecule is CCO[C@@]1(C(=O)NN)CCOC1. The monoisotopic (exact) mass is 174 g/mol. The Labute approximate surface area is 71.2 Å². The molecule has 1 fully saturated rings. The lowest BCUT2D eigenvalue weighted by molar-refractivity contribution is -0.146. The minimum atomic E-state index is -0.844. The molecule has 1 heterocycles. The molecular weight excluding hydrogens is 160 g/mol. The van der Waals surface area contributed by atoms with Gasteiger partial charge in [0.25, 0.3) is 5.91 Å². The summed E-state index contributed by atoms with van der Waals surface area (Å²) in [5.41, 5.74) is 1.24. The van der Waals surface area contributed by atoms with E-state index in [1.165, 1.54) is 0 Å². The van der Waals surface area contributed by atoms with Crippen molar-refractivity contribution in [2.45, 2.75) is 18.9 Å². The molecule has 0 saturated carbocycles. The molecule has 3 N–H and O–H groups in total. The van der Waals surface area contributed by atoms with E-state index >= 15 is 0 Å². The van der Waals surface area contributed by atoms with Gasteiger partial charge in [0, 0.05) is 13.0 Å². The predicted molar refractivity (Wildman–Crippen MR) is 42.1 cm³/mol. The largest absolute Gasteiger partial charge is 0.378 e. The van der Waals surface area contributed by atoms with Crippen LogP contribution in [0.15, 0.2) is 0 Å².